The molecule has 2 aromatic rings. The summed E-state index contributed by atoms with van der Waals surface area (Å²) in [6, 6.07) is 12.7. The molecule has 1 fully saturated rings. The standard InChI is InChI=1S/C18H19N3O3/c1-12-2-4-13(5-3-12)11-19-16-9-6-14(10-17(16)21(23)24)18(22)20-15-7-8-15/h2-6,9-10,15,19H,7-8,11H2,1H3,(H,20,22). The molecule has 1 amide bonds. The molecule has 1 aliphatic rings. The second kappa shape index (κ2) is 6.70. The highest BCUT2D eigenvalue weighted by Gasteiger charge is 2.25. The number of nitro groups is 1. The summed E-state index contributed by atoms with van der Waals surface area (Å²) in [5.74, 6) is -0.259. The predicted molar refractivity (Wildman–Crippen MR) is 92.1 cm³/mol. The van der Waals surface area contributed by atoms with Crippen molar-refractivity contribution in [2.45, 2.75) is 32.4 Å². The first-order valence-electron chi connectivity index (χ1n) is 7.91. The molecule has 0 saturated heterocycles. The lowest BCUT2D eigenvalue weighted by Gasteiger charge is -2.09. The predicted octanol–water partition coefficient (Wildman–Crippen LogP) is 3.41. The number of amides is 1. The van der Waals surface area contributed by atoms with Crippen molar-refractivity contribution >= 4 is 17.3 Å². The SMILES string of the molecule is Cc1ccc(CNc2ccc(C(=O)NC3CC3)cc2[N+](=O)[O-])cc1. The molecule has 0 heterocycles. The van der Waals surface area contributed by atoms with Crippen LogP contribution in [0.1, 0.15) is 34.3 Å². The highest BCUT2D eigenvalue weighted by Crippen LogP contribution is 2.27. The van der Waals surface area contributed by atoms with Gasteiger partial charge in [-0.2, -0.15) is 0 Å². The summed E-state index contributed by atoms with van der Waals surface area (Å²) in [6.45, 7) is 2.49. The van der Waals surface area contributed by atoms with Crippen molar-refractivity contribution in [1.82, 2.24) is 5.32 Å². The molecule has 1 aliphatic carbocycles. The van der Waals surface area contributed by atoms with E-state index in [1.165, 1.54) is 6.07 Å². The van der Waals surface area contributed by atoms with Gasteiger partial charge in [0.05, 0.1) is 4.92 Å². The van der Waals surface area contributed by atoms with Crippen LogP contribution in [0.2, 0.25) is 0 Å². The summed E-state index contributed by atoms with van der Waals surface area (Å²) in [4.78, 5) is 22.9. The van der Waals surface area contributed by atoms with Crippen LogP contribution >= 0.6 is 0 Å². The summed E-state index contributed by atoms with van der Waals surface area (Å²) in [5, 5.41) is 17.2. The number of hydrogen-bond acceptors (Lipinski definition) is 4. The van der Waals surface area contributed by atoms with E-state index in [1.54, 1.807) is 12.1 Å². The number of nitro benzene ring substituents is 1. The van der Waals surface area contributed by atoms with Crippen LogP contribution in [-0.2, 0) is 6.54 Å². The van der Waals surface area contributed by atoms with Crippen LogP contribution in [-0.4, -0.2) is 16.9 Å². The molecular formula is C18H19N3O3. The third-order valence-corrected chi connectivity index (χ3v) is 3.97. The zero-order valence-electron chi connectivity index (χ0n) is 13.4. The second-order valence-electron chi connectivity index (χ2n) is 6.08. The summed E-state index contributed by atoms with van der Waals surface area (Å²) in [6.07, 6.45) is 1.95. The first-order chi connectivity index (χ1) is 11.5. The molecule has 0 unspecified atom stereocenters. The molecule has 0 radical (unpaired) electrons. The highest BCUT2D eigenvalue weighted by molar-refractivity contribution is 5.96. The second-order valence-corrected chi connectivity index (χ2v) is 6.08. The Morgan fingerprint density at radius 3 is 2.54 bits per heavy atom. The van der Waals surface area contributed by atoms with Crippen molar-refractivity contribution in [3.05, 3.63) is 69.3 Å². The van der Waals surface area contributed by atoms with Crippen molar-refractivity contribution in [2.75, 3.05) is 5.32 Å². The van der Waals surface area contributed by atoms with E-state index < -0.39 is 4.92 Å². The van der Waals surface area contributed by atoms with Crippen LogP contribution in [0, 0.1) is 17.0 Å². The van der Waals surface area contributed by atoms with Gasteiger partial charge in [-0.1, -0.05) is 29.8 Å². The Hall–Kier alpha value is -2.89. The Morgan fingerprint density at radius 1 is 1.21 bits per heavy atom. The van der Waals surface area contributed by atoms with Crippen molar-refractivity contribution < 1.29 is 9.72 Å². The molecule has 0 atom stereocenters. The van der Waals surface area contributed by atoms with E-state index >= 15 is 0 Å². The van der Waals surface area contributed by atoms with Crippen molar-refractivity contribution in [3.63, 3.8) is 0 Å². The molecule has 6 nitrogen and oxygen atoms in total. The Kier molecular flexibility index (Phi) is 4.46. The van der Waals surface area contributed by atoms with Gasteiger partial charge in [0, 0.05) is 24.2 Å². The normalized spacial score (nSPS) is 13.4. The molecule has 6 heteroatoms. The number of hydrogen-bond donors (Lipinski definition) is 2. The molecule has 2 N–H and O–H groups in total. The van der Waals surface area contributed by atoms with Crippen LogP contribution in [0.4, 0.5) is 11.4 Å². The maximum atomic E-state index is 12.0. The summed E-state index contributed by atoms with van der Waals surface area (Å²) >= 11 is 0. The topological polar surface area (TPSA) is 84.3 Å². The Labute approximate surface area is 140 Å². The average molecular weight is 325 g/mol. The van der Waals surface area contributed by atoms with Gasteiger partial charge in [0.25, 0.3) is 11.6 Å². The zero-order chi connectivity index (χ0) is 17.1. The van der Waals surface area contributed by atoms with E-state index in [1.807, 2.05) is 31.2 Å². The van der Waals surface area contributed by atoms with Gasteiger partial charge in [0.1, 0.15) is 5.69 Å². The summed E-state index contributed by atoms with van der Waals surface area (Å²) < 4.78 is 0. The Bertz CT molecular complexity index is 768. The fourth-order valence-corrected chi connectivity index (χ4v) is 2.37. The molecule has 0 spiro atoms. The van der Waals surface area contributed by atoms with E-state index in [2.05, 4.69) is 10.6 Å². The minimum atomic E-state index is -0.467. The maximum absolute atomic E-state index is 12.0. The number of anilines is 1. The lowest BCUT2D eigenvalue weighted by Crippen LogP contribution is -2.25. The molecule has 0 aromatic heterocycles. The van der Waals surface area contributed by atoms with Crippen molar-refractivity contribution in [1.29, 1.82) is 0 Å². The lowest BCUT2D eigenvalue weighted by molar-refractivity contribution is -0.384. The van der Waals surface area contributed by atoms with Crippen molar-refractivity contribution in [3.8, 4) is 0 Å². The Balaban J connectivity index is 1.75. The lowest BCUT2D eigenvalue weighted by atomic mass is 10.1. The molecular weight excluding hydrogens is 306 g/mol. The van der Waals surface area contributed by atoms with E-state index in [-0.39, 0.29) is 17.6 Å². The monoisotopic (exact) mass is 325 g/mol. The maximum Gasteiger partial charge on any atom is 0.293 e. The van der Waals surface area contributed by atoms with E-state index in [4.69, 9.17) is 0 Å². The van der Waals surface area contributed by atoms with Crippen LogP contribution in [0.25, 0.3) is 0 Å². The van der Waals surface area contributed by atoms with Gasteiger partial charge in [0.15, 0.2) is 0 Å². The minimum Gasteiger partial charge on any atom is -0.375 e. The summed E-state index contributed by atoms with van der Waals surface area (Å²) in [5.41, 5.74) is 2.82. The molecule has 24 heavy (non-hydrogen) atoms. The largest absolute Gasteiger partial charge is 0.375 e. The molecule has 124 valence electrons. The minimum absolute atomic E-state index is 0.0921. The molecule has 2 aromatic carbocycles. The van der Waals surface area contributed by atoms with Crippen LogP contribution in [0.15, 0.2) is 42.5 Å². The molecule has 1 saturated carbocycles. The zero-order valence-corrected chi connectivity index (χ0v) is 13.4. The number of aryl methyl sites for hydroxylation is 1. The first-order valence-corrected chi connectivity index (χ1v) is 7.91. The number of nitrogens with one attached hydrogen (secondary N) is 2. The molecule has 0 aliphatic heterocycles. The van der Waals surface area contributed by atoms with E-state index in [9.17, 15) is 14.9 Å². The first kappa shape index (κ1) is 16.0. The quantitative estimate of drug-likeness (QED) is 0.629. The van der Waals surface area contributed by atoms with Gasteiger partial charge < -0.3 is 10.6 Å². The van der Waals surface area contributed by atoms with Gasteiger partial charge >= 0.3 is 0 Å². The van der Waals surface area contributed by atoms with Gasteiger partial charge in [-0.25, -0.2) is 0 Å². The van der Waals surface area contributed by atoms with Gasteiger partial charge in [0.2, 0.25) is 0 Å². The number of carbonyl (C=O) groups is 1. The molecule has 3 rings (SSSR count). The third kappa shape index (κ3) is 3.90. The van der Waals surface area contributed by atoms with Crippen molar-refractivity contribution in [2.24, 2.45) is 0 Å². The smallest absolute Gasteiger partial charge is 0.293 e. The van der Waals surface area contributed by atoms with Gasteiger partial charge in [-0.3, -0.25) is 14.9 Å². The number of nitrogens with zero attached hydrogens (tertiary/aromatic N) is 1. The number of benzene rings is 2. The fraction of sp³-hybridized carbons (Fsp3) is 0.278. The summed E-state index contributed by atoms with van der Waals surface area (Å²) in [7, 11) is 0. The number of carbonyl (C=O) groups excluding carboxylic acids is 1. The molecule has 0 bridgehead atoms. The third-order valence-electron chi connectivity index (χ3n) is 3.97. The average Bonchev–Trinajstić information content (AvgIpc) is 3.38. The number of rotatable bonds is 6. The van der Waals surface area contributed by atoms with E-state index in [0.717, 1.165) is 24.0 Å². The van der Waals surface area contributed by atoms with E-state index in [0.29, 0.717) is 17.8 Å². The fourth-order valence-electron chi connectivity index (χ4n) is 2.37. The van der Waals surface area contributed by atoms with Crippen LogP contribution < -0.4 is 10.6 Å². The van der Waals surface area contributed by atoms with Gasteiger partial charge in [-0.15, -0.1) is 0 Å². The van der Waals surface area contributed by atoms with Gasteiger partial charge in [-0.05, 0) is 37.5 Å². The highest BCUT2D eigenvalue weighted by atomic mass is 16.6. The van der Waals surface area contributed by atoms with Crippen LogP contribution in [0.5, 0.6) is 0 Å². The Morgan fingerprint density at radius 2 is 1.92 bits per heavy atom. The van der Waals surface area contributed by atoms with Crippen LogP contribution in [0.3, 0.4) is 0 Å².